The van der Waals surface area contributed by atoms with Crippen molar-refractivity contribution < 1.29 is 9.21 Å². The highest BCUT2D eigenvalue weighted by Crippen LogP contribution is 2.23. The monoisotopic (exact) mass is 325 g/mol. The molecule has 0 saturated heterocycles. The van der Waals surface area contributed by atoms with Crippen molar-refractivity contribution in [2.45, 2.75) is 32.1 Å². The number of nitrogens with one attached hydrogen (secondary N) is 2. The summed E-state index contributed by atoms with van der Waals surface area (Å²) in [6.07, 6.45) is 7.46. The number of carbonyl (C=O) groups is 1. The number of fused-ring (bicyclic) bond motifs is 1. The molecule has 1 aliphatic carbocycles. The van der Waals surface area contributed by atoms with E-state index in [0.29, 0.717) is 29.1 Å². The molecule has 1 heterocycles. The summed E-state index contributed by atoms with van der Waals surface area (Å²) in [6, 6.07) is 6.97. The van der Waals surface area contributed by atoms with Crippen molar-refractivity contribution in [1.29, 1.82) is 5.26 Å². The van der Waals surface area contributed by atoms with Crippen molar-refractivity contribution in [3.63, 3.8) is 0 Å². The van der Waals surface area contributed by atoms with Gasteiger partial charge in [0.1, 0.15) is 11.6 Å². The first kappa shape index (κ1) is 16.1. The lowest BCUT2D eigenvalue weighted by molar-refractivity contribution is -0.117. The Hall–Kier alpha value is -2.81. The minimum atomic E-state index is -0.531. The molecule has 2 N–H and O–H groups in total. The Morgan fingerprint density at radius 2 is 2.17 bits per heavy atom. The van der Waals surface area contributed by atoms with Crippen LogP contribution >= 0.6 is 0 Å². The number of nitrogens with zero attached hydrogens (tertiary/aromatic N) is 1. The molecule has 0 spiro atoms. The van der Waals surface area contributed by atoms with Gasteiger partial charge in [-0.2, -0.15) is 5.26 Å². The van der Waals surface area contributed by atoms with Gasteiger partial charge in [0.2, 0.25) is 0 Å². The first-order valence-electron chi connectivity index (χ1n) is 8.18. The van der Waals surface area contributed by atoms with Crippen LogP contribution in [0.5, 0.6) is 0 Å². The van der Waals surface area contributed by atoms with E-state index in [2.05, 4.69) is 10.3 Å². The minimum absolute atomic E-state index is 0.0445. The van der Waals surface area contributed by atoms with Crippen molar-refractivity contribution in [2.75, 3.05) is 6.54 Å². The number of nitriles is 1. The van der Waals surface area contributed by atoms with E-state index in [1.54, 1.807) is 18.2 Å². The van der Waals surface area contributed by atoms with Gasteiger partial charge in [-0.25, -0.2) is 4.79 Å². The molecule has 124 valence electrons. The Balaban J connectivity index is 1.71. The van der Waals surface area contributed by atoms with Crippen LogP contribution < -0.4 is 11.1 Å². The summed E-state index contributed by atoms with van der Waals surface area (Å²) in [6.45, 7) is 0.615. The van der Waals surface area contributed by atoms with Crippen LogP contribution in [0.1, 0.15) is 37.7 Å². The fourth-order valence-corrected chi connectivity index (χ4v) is 3.09. The van der Waals surface area contributed by atoms with Crippen LogP contribution in [0, 0.1) is 17.2 Å². The van der Waals surface area contributed by atoms with Gasteiger partial charge in [-0.3, -0.25) is 9.78 Å². The van der Waals surface area contributed by atoms with Gasteiger partial charge in [0, 0.05) is 6.54 Å². The lowest BCUT2D eigenvalue weighted by atomic mass is 9.89. The predicted octanol–water partition coefficient (Wildman–Crippen LogP) is 2.72. The standard InChI is InChI=1S/C18H19N3O3/c19-10-14(17(22)20-11-12-4-2-1-3-5-12)8-13-6-7-15-16(9-13)24-18(23)21-15/h6-9,12H,1-5,11H2,(H,20,22)(H,21,23)/b14-8+. The molecule has 1 aromatic heterocycles. The SMILES string of the molecule is N#C/C(=C\c1ccc2[nH]c(=O)oc2c1)C(=O)NCC1CCCCC1. The molecule has 1 fully saturated rings. The molecule has 0 unspecified atom stereocenters. The van der Waals surface area contributed by atoms with E-state index in [-0.39, 0.29) is 11.5 Å². The van der Waals surface area contributed by atoms with Gasteiger partial charge in [-0.15, -0.1) is 0 Å². The molecule has 0 radical (unpaired) electrons. The average molecular weight is 325 g/mol. The van der Waals surface area contributed by atoms with E-state index >= 15 is 0 Å². The predicted molar refractivity (Wildman–Crippen MR) is 90.0 cm³/mol. The normalized spacial score (nSPS) is 16.0. The topological polar surface area (TPSA) is 98.9 Å². The molecule has 6 heteroatoms. The van der Waals surface area contributed by atoms with Crippen molar-refractivity contribution >= 4 is 23.1 Å². The van der Waals surface area contributed by atoms with Crippen LogP contribution in [0.15, 0.2) is 33.0 Å². The molecule has 6 nitrogen and oxygen atoms in total. The second kappa shape index (κ2) is 7.18. The minimum Gasteiger partial charge on any atom is -0.408 e. The van der Waals surface area contributed by atoms with Crippen LogP contribution in [-0.2, 0) is 4.79 Å². The second-order valence-electron chi connectivity index (χ2n) is 6.15. The van der Waals surface area contributed by atoms with E-state index in [0.717, 1.165) is 12.8 Å². The van der Waals surface area contributed by atoms with E-state index in [1.165, 1.54) is 25.3 Å². The highest BCUT2D eigenvalue weighted by Gasteiger charge is 2.16. The zero-order valence-electron chi connectivity index (χ0n) is 13.3. The van der Waals surface area contributed by atoms with Gasteiger partial charge in [0.05, 0.1) is 5.52 Å². The van der Waals surface area contributed by atoms with E-state index < -0.39 is 5.76 Å². The number of amides is 1. The molecule has 3 rings (SSSR count). The quantitative estimate of drug-likeness (QED) is 0.667. The first-order chi connectivity index (χ1) is 11.7. The van der Waals surface area contributed by atoms with Gasteiger partial charge in [-0.1, -0.05) is 25.3 Å². The number of oxazole rings is 1. The third kappa shape index (κ3) is 3.74. The van der Waals surface area contributed by atoms with Crippen LogP contribution in [0.25, 0.3) is 17.2 Å². The molecule has 0 atom stereocenters. The maximum atomic E-state index is 12.2. The Labute approximate surface area is 139 Å². The van der Waals surface area contributed by atoms with Gasteiger partial charge >= 0.3 is 5.76 Å². The summed E-state index contributed by atoms with van der Waals surface area (Å²) in [5.41, 5.74) is 1.66. The fourth-order valence-electron chi connectivity index (χ4n) is 3.09. The molecule has 0 bridgehead atoms. The van der Waals surface area contributed by atoms with Gasteiger partial charge in [0.25, 0.3) is 5.91 Å². The van der Waals surface area contributed by atoms with Crippen LogP contribution in [0.4, 0.5) is 0 Å². The summed E-state index contributed by atoms with van der Waals surface area (Å²) in [5.74, 6) is -0.385. The Morgan fingerprint density at radius 1 is 1.38 bits per heavy atom. The molecular weight excluding hydrogens is 306 g/mol. The average Bonchev–Trinajstić information content (AvgIpc) is 2.97. The molecule has 1 aromatic carbocycles. The highest BCUT2D eigenvalue weighted by atomic mass is 16.4. The van der Waals surface area contributed by atoms with Crippen molar-refractivity contribution in [3.8, 4) is 6.07 Å². The fraction of sp³-hybridized carbons (Fsp3) is 0.389. The molecule has 0 aliphatic heterocycles. The second-order valence-corrected chi connectivity index (χ2v) is 6.15. The Bertz CT molecular complexity index is 863. The number of hydrogen-bond donors (Lipinski definition) is 2. The number of rotatable bonds is 4. The van der Waals surface area contributed by atoms with Crippen molar-refractivity contribution in [1.82, 2.24) is 10.3 Å². The zero-order valence-corrected chi connectivity index (χ0v) is 13.3. The van der Waals surface area contributed by atoms with Gasteiger partial charge in [0.15, 0.2) is 5.58 Å². The van der Waals surface area contributed by atoms with Gasteiger partial charge < -0.3 is 9.73 Å². The number of benzene rings is 1. The summed E-state index contributed by atoms with van der Waals surface area (Å²) in [7, 11) is 0. The number of carbonyl (C=O) groups excluding carboxylic acids is 1. The molecule has 1 amide bonds. The Kier molecular flexibility index (Phi) is 4.80. The van der Waals surface area contributed by atoms with Crippen molar-refractivity contribution in [2.24, 2.45) is 5.92 Å². The highest BCUT2D eigenvalue weighted by molar-refractivity contribution is 6.01. The summed E-state index contributed by atoms with van der Waals surface area (Å²) in [4.78, 5) is 25.9. The summed E-state index contributed by atoms with van der Waals surface area (Å²) in [5, 5.41) is 12.1. The molecule has 2 aromatic rings. The lowest BCUT2D eigenvalue weighted by Crippen LogP contribution is -2.31. The molecule has 1 aliphatic rings. The van der Waals surface area contributed by atoms with E-state index in [9.17, 15) is 14.9 Å². The van der Waals surface area contributed by atoms with E-state index in [4.69, 9.17) is 4.42 Å². The number of aromatic amines is 1. The van der Waals surface area contributed by atoms with E-state index in [1.807, 2.05) is 6.07 Å². The number of H-pyrrole nitrogens is 1. The molecular formula is C18H19N3O3. The lowest BCUT2D eigenvalue weighted by Gasteiger charge is -2.21. The maximum absolute atomic E-state index is 12.2. The summed E-state index contributed by atoms with van der Waals surface area (Å²) < 4.78 is 4.99. The van der Waals surface area contributed by atoms with Crippen LogP contribution in [-0.4, -0.2) is 17.4 Å². The summed E-state index contributed by atoms with van der Waals surface area (Å²) >= 11 is 0. The number of hydrogen-bond acceptors (Lipinski definition) is 4. The third-order valence-electron chi connectivity index (χ3n) is 4.40. The van der Waals surface area contributed by atoms with Gasteiger partial charge in [-0.05, 0) is 42.5 Å². The first-order valence-corrected chi connectivity index (χ1v) is 8.18. The largest absolute Gasteiger partial charge is 0.417 e. The smallest absolute Gasteiger partial charge is 0.408 e. The third-order valence-corrected chi connectivity index (χ3v) is 4.40. The molecule has 24 heavy (non-hydrogen) atoms. The molecule has 1 saturated carbocycles. The van der Waals surface area contributed by atoms with Crippen molar-refractivity contribution in [3.05, 3.63) is 39.9 Å². The number of aromatic nitrogens is 1. The Morgan fingerprint density at radius 3 is 2.92 bits per heavy atom. The van der Waals surface area contributed by atoms with Crippen LogP contribution in [0.3, 0.4) is 0 Å². The maximum Gasteiger partial charge on any atom is 0.417 e. The zero-order chi connectivity index (χ0) is 16.9. The van der Waals surface area contributed by atoms with Crippen LogP contribution in [0.2, 0.25) is 0 Å².